The lowest BCUT2D eigenvalue weighted by atomic mass is 10.1. The molecule has 5 nitrogen and oxygen atoms in total. The Labute approximate surface area is 183 Å². The lowest BCUT2D eigenvalue weighted by Crippen LogP contribution is -2.13. The third kappa shape index (κ3) is 3.91. The summed E-state index contributed by atoms with van der Waals surface area (Å²) in [5, 5.41) is 13.8. The summed E-state index contributed by atoms with van der Waals surface area (Å²) in [6.07, 6.45) is -3.19. The standard InChI is InChI=1S/C22H14ClF4N3O2/c1-11-7-14-19(9-28-11)30(10-15-16(22(25,26)27)3-2-4-17(15)23)29-20(14)13-6-5-12(21(31)32)8-18(13)24/h2-9H,10H2,1H3,(H,31,32). The molecule has 0 saturated carbocycles. The lowest BCUT2D eigenvalue weighted by Gasteiger charge is -2.14. The Morgan fingerprint density at radius 3 is 2.59 bits per heavy atom. The Balaban J connectivity index is 1.91. The van der Waals surface area contributed by atoms with Crippen LogP contribution < -0.4 is 0 Å². The van der Waals surface area contributed by atoms with Gasteiger partial charge < -0.3 is 5.11 Å². The summed E-state index contributed by atoms with van der Waals surface area (Å²) in [5.74, 6) is -2.11. The SMILES string of the molecule is Cc1cc2c(-c3ccc(C(=O)O)cc3F)nn(Cc3c(Cl)cccc3C(F)(F)F)c2cn1. The van der Waals surface area contributed by atoms with Gasteiger partial charge in [-0.15, -0.1) is 0 Å². The van der Waals surface area contributed by atoms with Gasteiger partial charge in [-0.2, -0.15) is 18.3 Å². The van der Waals surface area contributed by atoms with Crippen LogP contribution in [0.1, 0.15) is 27.2 Å². The molecule has 4 aromatic rings. The van der Waals surface area contributed by atoms with Crippen molar-refractivity contribution in [2.45, 2.75) is 19.6 Å². The number of pyridine rings is 1. The number of carboxylic acid groups (broad SMARTS) is 1. The molecule has 0 saturated heterocycles. The zero-order valence-electron chi connectivity index (χ0n) is 16.4. The summed E-state index contributed by atoms with van der Waals surface area (Å²) < 4.78 is 56.6. The van der Waals surface area contributed by atoms with Gasteiger partial charge in [0.15, 0.2) is 0 Å². The molecule has 32 heavy (non-hydrogen) atoms. The molecule has 0 bridgehead atoms. The van der Waals surface area contributed by atoms with E-state index in [-0.39, 0.29) is 34.0 Å². The highest BCUT2D eigenvalue weighted by Crippen LogP contribution is 2.37. The fourth-order valence-electron chi connectivity index (χ4n) is 3.47. The molecule has 0 aliphatic carbocycles. The Morgan fingerprint density at radius 1 is 1.19 bits per heavy atom. The quantitative estimate of drug-likeness (QED) is 0.379. The van der Waals surface area contributed by atoms with E-state index in [0.717, 1.165) is 12.1 Å². The molecule has 10 heteroatoms. The van der Waals surface area contributed by atoms with Crippen molar-refractivity contribution in [1.82, 2.24) is 14.8 Å². The van der Waals surface area contributed by atoms with E-state index in [0.29, 0.717) is 16.6 Å². The molecule has 164 valence electrons. The fourth-order valence-corrected chi connectivity index (χ4v) is 3.71. The first-order chi connectivity index (χ1) is 15.1. The molecule has 0 spiro atoms. The number of carbonyl (C=O) groups is 1. The number of benzene rings is 2. The molecule has 0 aliphatic rings. The Bertz CT molecular complexity index is 1370. The van der Waals surface area contributed by atoms with Gasteiger partial charge in [0.25, 0.3) is 0 Å². The zero-order valence-corrected chi connectivity index (χ0v) is 17.2. The van der Waals surface area contributed by atoms with Crippen molar-refractivity contribution >= 4 is 28.5 Å². The summed E-state index contributed by atoms with van der Waals surface area (Å²) in [7, 11) is 0. The number of hydrogen-bond acceptors (Lipinski definition) is 3. The largest absolute Gasteiger partial charge is 0.478 e. The van der Waals surface area contributed by atoms with Gasteiger partial charge in [0.05, 0.1) is 29.4 Å². The third-order valence-corrected chi connectivity index (χ3v) is 5.33. The highest BCUT2D eigenvalue weighted by Gasteiger charge is 2.34. The van der Waals surface area contributed by atoms with Gasteiger partial charge in [0.2, 0.25) is 0 Å². The number of fused-ring (bicyclic) bond motifs is 1. The summed E-state index contributed by atoms with van der Waals surface area (Å²) in [4.78, 5) is 15.3. The fraction of sp³-hybridized carbons (Fsp3) is 0.136. The van der Waals surface area contributed by atoms with E-state index in [2.05, 4.69) is 10.1 Å². The van der Waals surface area contributed by atoms with Crippen molar-refractivity contribution in [3.05, 3.63) is 81.9 Å². The monoisotopic (exact) mass is 463 g/mol. The summed E-state index contributed by atoms with van der Waals surface area (Å²) in [5.41, 5.74) is -0.180. The minimum atomic E-state index is -4.63. The first kappa shape index (κ1) is 21.8. The van der Waals surface area contributed by atoms with Crippen LogP contribution in [-0.4, -0.2) is 25.8 Å². The van der Waals surface area contributed by atoms with Crippen LogP contribution in [-0.2, 0) is 12.7 Å². The number of aromatic carboxylic acids is 1. The maximum atomic E-state index is 14.7. The van der Waals surface area contributed by atoms with E-state index in [9.17, 15) is 22.4 Å². The molecule has 2 heterocycles. The van der Waals surface area contributed by atoms with Crippen LogP contribution in [0, 0.1) is 12.7 Å². The average molecular weight is 464 g/mol. The van der Waals surface area contributed by atoms with Crippen LogP contribution in [0.15, 0.2) is 48.7 Å². The molecular formula is C22H14ClF4N3O2. The van der Waals surface area contributed by atoms with E-state index < -0.39 is 23.5 Å². The van der Waals surface area contributed by atoms with Crippen LogP contribution in [0.3, 0.4) is 0 Å². The highest BCUT2D eigenvalue weighted by atomic mass is 35.5. The number of carboxylic acids is 1. The van der Waals surface area contributed by atoms with Crippen LogP contribution >= 0.6 is 11.6 Å². The number of hydrogen-bond donors (Lipinski definition) is 1. The Kier molecular flexibility index (Phi) is 5.37. The van der Waals surface area contributed by atoms with Crippen molar-refractivity contribution in [3.63, 3.8) is 0 Å². The summed E-state index contributed by atoms with van der Waals surface area (Å²) in [6, 6.07) is 8.51. The molecule has 4 rings (SSSR count). The van der Waals surface area contributed by atoms with Gasteiger partial charge in [-0.1, -0.05) is 17.7 Å². The predicted molar refractivity (Wildman–Crippen MR) is 110 cm³/mol. The second kappa shape index (κ2) is 7.90. The van der Waals surface area contributed by atoms with E-state index in [1.165, 1.54) is 35.1 Å². The Hall–Kier alpha value is -3.46. The van der Waals surface area contributed by atoms with Gasteiger partial charge in [-0.3, -0.25) is 9.67 Å². The van der Waals surface area contributed by atoms with Gasteiger partial charge in [-0.25, -0.2) is 9.18 Å². The van der Waals surface area contributed by atoms with Crippen LogP contribution in [0.4, 0.5) is 17.6 Å². The number of aryl methyl sites for hydroxylation is 1. The smallest absolute Gasteiger partial charge is 0.416 e. The van der Waals surface area contributed by atoms with Gasteiger partial charge in [0.1, 0.15) is 11.5 Å². The minimum Gasteiger partial charge on any atom is -0.478 e. The third-order valence-electron chi connectivity index (χ3n) is 4.98. The second-order valence-corrected chi connectivity index (χ2v) is 7.52. The Morgan fingerprint density at radius 2 is 1.94 bits per heavy atom. The number of alkyl halides is 3. The summed E-state index contributed by atoms with van der Waals surface area (Å²) >= 11 is 6.09. The number of halogens is 5. The predicted octanol–water partition coefficient (Wildman–Crippen LogP) is 5.96. The van der Waals surface area contributed by atoms with Crippen molar-refractivity contribution < 1.29 is 27.5 Å². The van der Waals surface area contributed by atoms with Crippen LogP contribution in [0.2, 0.25) is 5.02 Å². The second-order valence-electron chi connectivity index (χ2n) is 7.11. The molecule has 2 aromatic carbocycles. The van der Waals surface area contributed by atoms with Crippen LogP contribution in [0.5, 0.6) is 0 Å². The van der Waals surface area contributed by atoms with Gasteiger partial charge in [0, 0.05) is 27.2 Å². The molecule has 0 fully saturated rings. The molecule has 0 aliphatic heterocycles. The first-order valence-corrected chi connectivity index (χ1v) is 9.65. The molecule has 0 amide bonds. The normalized spacial score (nSPS) is 11.8. The van der Waals surface area contributed by atoms with E-state index >= 15 is 0 Å². The minimum absolute atomic E-state index is 0.0135. The van der Waals surface area contributed by atoms with E-state index in [1.807, 2.05) is 0 Å². The number of nitrogens with zero attached hydrogens (tertiary/aromatic N) is 3. The van der Waals surface area contributed by atoms with Gasteiger partial charge >= 0.3 is 12.1 Å². The highest BCUT2D eigenvalue weighted by molar-refractivity contribution is 6.31. The number of rotatable bonds is 4. The topological polar surface area (TPSA) is 68.0 Å². The molecule has 0 unspecified atom stereocenters. The zero-order chi connectivity index (χ0) is 23.2. The molecule has 1 N–H and O–H groups in total. The molecule has 0 atom stereocenters. The van der Waals surface area contributed by atoms with Crippen molar-refractivity contribution in [2.24, 2.45) is 0 Å². The van der Waals surface area contributed by atoms with E-state index in [1.54, 1.807) is 13.0 Å². The van der Waals surface area contributed by atoms with Gasteiger partial charge in [-0.05, 0) is 43.3 Å². The molecule has 2 aromatic heterocycles. The van der Waals surface area contributed by atoms with Crippen LogP contribution in [0.25, 0.3) is 22.2 Å². The maximum Gasteiger partial charge on any atom is 0.416 e. The lowest BCUT2D eigenvalue weighted by molar-refractivity contribution is -0.138. The van der Waals surface area contributed by atoms with E-state index in [4.69, 9.17) is 16.7 Å². The maximum absolute atomic E-state index is 14.7. The summed E-state index contributed by atoms with van der Waals surface area (Å²) in [6.45, 7) is 1.38. The van der Waals surface area contributed by atoms with Crippen molar-refractivity contribution in [1.29, 1.82) is 0 Å². The molecular weight excluding hydrogens is 450 g/mol. The molecule has 0 radical (unpaired) electrons. The first-order valence-electron chi connectivity index (χ1n) is 9.27. The van der Waals surface area contributed by atoms with Crippen molar-refractivity contribution in [2.75, 3.05) is 0 Å². The van der Waals surface area contributed by atoms with Crippen molar-refractivity contribution in [3.8, 4) is 11.3 Å². The number of aromatic nitrogens is 3. The average Bonchev–Trinajstić information content (AvgIpc) is 3.05.